The summed E-state index contributed by atoms with van der Waals surface area (Å²) in [7, 11) is 2.69. The summed E-state index contributed by atoms with van der Waals surface area (Å²) < 4.78 is 0. The van der Waals surface area contributed by atoms with Crippen LogP contribution in [-0.4, -0.2) is 50.0 Å². The average Bonchev–Trinajstić information content (AvgIpc) is 2.47. The predicted molar refractivity (Wildman–Crippen MR) is 86.3 cm³/mol. The largest absolute Gasteiger partial charge is 0.400 e. The number of aliphatic imine (C=N–C) groups is 2. The molecule has 0 aromatic rings. The zero-order valence-corrected chi connectivity index (χ0v) is 16.1. The normalized spacial score (nSPS) is 6.84. The second kappa shape index (κ2) is 108. The van der Waals surface area contributed by atoms with Gasteiger partial charge in [0.15, 0.2) is 0 Å². The van der Waals surface area contributed by atoms with Crippen molar-refractivity contribution in [3.05, 3.63) is 0 Å². The van der Waals surface area contributed by atoms with Gasteiger partial charge in [0, 0.05) is 62.2 Å². The summed E-state index contributed by atoms with van der Waals surface area (Å²) in [4.78, 5) is 7.61. The molecule has 0 bridgehead atoms. The Labute approximate surface area is 135 Å². The standard InChI is InChI=1S/C6H12N2O.3C2H6.CH4O.FH.Pt.H2/c1-7-4-5-8-3-2-6-9;4*1-2;;;/h4-5,9H,2-3,6H2,1H3;3*1-2H3;2H,1H3;1H;;1H/i;;;;;;;1+1. The van der Waals surface area contributed by atoms with E-state index in [9.17, 15) is 0 Å². The van der Waals surface area contributed by atoms with E-state index < -0.39 is 0 Å². The molecule has 2 N–H and O–H groups in total. The maximum Gasteiger partial charge on any atom is 0.0448 e. The molecule has 0 heterocycles. The van der Waals surface area contributed by atoms with Crippen LogP contribution in [0.4, 0.5) is 4.70 Å². The number of aliphatic hydroxyl groups excluding tert-OH is 2. The summed E-state index contributed by atoms with van der Waals surface area (Å²) in [6.45, 7) is 12.9. The molecule has 0 atom stereocenters. The first-order valence-electron chi connectivity index (χ1n) is 6.38. The molecule has 6 heteroatoms. The third kappa shape index (κ3) is 130. The third-order valence-electron chi connectivity index (χ3n) is 0.766. The number of hydrogen-bond acceptors (Lipinski definition) is 4. The van der Waals surface area contributed by atoms with Crippen molar-refractivity contribution in [2.24, 2.45) is 9.98 Å². The molecule has 0 saturated heterocycles. The van der Waals surface area contributed by atoms with Crippen molar-refractivity contribution in [3.8, 4) is 0 Å². The molecule has 19 heavy (non-hydrogen) atoms. The summed E-state index contributed by atoms with van der Waals surface area (Å²) in [6, 6.07) is 0. The number of halogens is 1. The fourth-order valence-electron chi connectivity index (χ4n) is 0.350. The number of aliphatic hydroxyl groups is 2. The smallest absolute Gasteiger partial charge is 0.0448 e. The Morgan fingerprint density at radius 2 is 1.32 bits per heavy atom. The van der Waals surface area contributed by atoms with Crippen molar-refractivity contribution < 1.29 is 37.4 Å². The topological polar surface area (TPSA) is 65.2 Å². The van der Waals surface area contributed by atoms with E-state index in [4.69, 9.17) is 10.2 Å². The van der Waals surface area contributed by atoms with Crippen molar-refractivity contribution >= 4 is 12.4 Å². The van der Waals surface area contributed by atoms with E-state index in [0.29, 0.717) is 6.54 Å². The van der Waals surface area contributed by atoms with Crippen LogP contribution < -0.4 is 0 Å². The molecule has 0 aliphatic rings. The van der Waals surface area contributed by atoms with Crippen LogP contribution in [0.1, 0.15) is 49.4 Å². The van der Waals surface area contributed by atoms with Crippen LogP contribution in [0, 0.1) is 0 Å². The molecule has 128 valence electrons. The minimum atomic E-state index is 0. The van der Waals surface area contributed by atoms with Crippen LogP contribution in [-0.2, 0) is 21.1 Å². The zero-order chi connectivity index (χ0) is 14.9. The molecule has 0 spiro atoms. The second-order valence-corrected chi connectivity index (χ2v) is 1.54. The Kier molecular flexibility index (Phi) is 242. The van der Waals surface area contributed by atoms with Gasteiger partial charge >= 0.3 is 0 Å². The minimum absolute atomic E-state index is 0. The van der Waals surface area contributed by atoms with Crippen LogP contribution >= 0.6 is 0 Å². The van der Waals surface area contributed by atoms with Gasteiger partial charge in [-0.1, -0.05) is 41.5 Å². The Morgan fingerprint density at radius 1 is 0.947 bits per heavy atom. The molecule has 0 radical (unpaired) electrons. The summed E-state index contributed by atoms with van der Waals surface area (Å²) in [6.07, 6.45) is 3.99. The summed E-state index contributed by atoms with van der Waals surface area (Å²) in [5.74, 6) is 0. The molecule has 0 fully saturated rings. The van der Waals surface area contributed by atoms with Crippen LogP contribution in [0.3, 0.4) is 0 Å². The van der Waals surface area contributed by atoms with Crippen LogP contribution in [0.15, 0.2) is 9.98 Å². The van der Waals surface area contributed by atoms with Crippen molar-refractivity contribution in [3.63, 3.8) is 0 Å². The number of hydrogen-bond donors (Lipinski definition) is 2. The van der Waals surface area contributed by atoms with Crippen molar-refractivity contribution in [1.29, 1.82) is 0 Å². The molecule has 4 nitrogen and oxygen atoms in total. The van der Waals surface area contributed by atoms with Gasteiger partial charge in [0.05, 0.1) is 0 Å². The van der Waals surface area contributed by atoms with Gasteiger partial charge in [-0.15, -0.1) is 0 Å². The Hall–Kier alpha value is -0.122. The molecule has 0 aromatic carbocycles. The van der Waals surface area contributed by atoms with Crippen LogP contribution in [0.2, 0.25) is 0 Å². The van der Waals surface area contributed by atoms with E-state index in [-0.39, 0.29) is 33.8 Å². The number of nitrogens with zero attached hydrogens (tertiary/aromatic N) is 2. The van der Waals surface area contributed by atoms with E-state index >= 15 is 0 Å². The fourth-order valence-corrected chi connectivity index (χ4v) is 0.350. The Bertz CT molecular complexity index is 123. The molecule has 0 aliphatic heterocycles. The summed E-state index contributed by atoms with van der Waals surface area (Å²) in [5, 5.41) is 15.3. The Morgan fingerprint density at radius 3 is 1.58 bits per heavy atom. The van der Waals surface area contributed by atoms with Gasteiger partial charge in [-0.05, 0) is 6.42 Å². The van der Waals surface area contributed by atoms with Crippen molar-refractivity contribution in [2.45, 2.75) is 48.0 Å². The molecule has 0 rings (SSSR count). The fraction of sp³-hybridized carbons (Fsp3) is 0.846. The summed E-state index contributed by atoms with van der Waals surface area (Å²) >= 11 is 0. The van der Waals surface area contributed by atoms with Gasteiger partial charge in [-0.2, -0.15) is 0 Å². The molecular formula is C13H37FN2O2Pt. The first-order valence-corrected chi connectivity index (χ1v) is 6.38. The maximum absolute atomic E-state index is 8.32. The monoisotopic (exact) mass is 468 g/mol. The first kappa shape index (κ1) is 42.8. The Balaban J connectivity index is -0.0000000190. The molecule has 0 aliphatic carbocycles. The van der Waals surface area contributed by atoms with Crippen molar-refractivity contribution in [1.82, 2.24) is 0 Å². The van der Waals surface area contributed by atoms with Gasteiger partial charge in [0.2, 0.25) is 0 Å². The third-order valence-corrected chi connectivity index (χ3v) is 0.766. The van der Waals surface area contributed by atoms with Gasteiger partial charge < -0.3 is 10.2 Å². The quantitative estimate of drug-likeness (QED) is 0.492. The predicted octanol–water partition coefficient (Wildman–Crippen LogP) is 3.22. The van der Waals surface area contributed by atoms with Gasteiger partial charge in [-0.25, -0.2) is 0 Å². The SMILES string of the molecule is CC.CC.CC.CN=CC=NCCCO.CO.F.[2HH].[Pt]. The zero-order valence-electron chi connectivity index (χ0n) is 13.8. The molecule has 0 saturated carbocycles. The van der Waals surface area contributed by atoms with Gasteiger partial charge in [0.25, 0.3) is 0 Å². The average molecular weight is 469 g/mol. The summed E-state index contributed by atoms with van der Waals surface area (Å²) in [5.41, 5.74) is 0. The van der Waals surface area contributed by atoms with Crippen LogP contribution in [0.5, 0.6) is 0 Å². The molecule has 0 aromatic heterocycles. The van der Waals surface area contributed by atoms with E-state index in [1.807, 2.05) is 41.5 Å². The second-order valence-electron chi connectivity index (χ2n) is 1.54. The minimum Gasteiger partial charge on any atom is -0.400 e. The maximum atomic E-state index is 8.32. The van der Waals surface area contributed by atoms with E-state index in [1.54, 1.807) is 19.5 Å². The van der Waals surface area contributed by atoms with E-state index in [1.165, 1.54) is 0 Å². The van der Waals surface area contributed by atoms with Crippen molar-refractivity contribution in [2.75, 3.05) is 27.3 Å². The molecule has 0 unspecified atom stereocenters. The first-order chi connectivity index (χ1) is 8.41. The van der Waals surface area contributed by atoms with Gasteiger partial charge in [-0.3, -0.25) is 14.7 Å². The van der Waals surface area contributed by atoms with Gasteiger partial charge in [0.1, 0.15) is 0 Å². The van der Waals surface area contributed by atoms with Crippen LogP contribution in [0.25, 0.3) is 0 Å². The van der Waals surface area contributed by atoms with E-state index in [2.05, 4.69) is 9.98 Å². The van der Waals surface area contributed by atoms with E-state index in [0.717, 1.165) is 13.5 Å². The molecular weight excluding hydrogens is 430 g/mol. The number of rotatable bonds is 4. The molecule has 0 amide bonds.